The lowest BCUT2D eigenvalue weighted by atomic mass is 10.1. The maximum absolute atomic E-state index is 11.7. The Morgan fingerprint density at radius 3 is 2.90 bits per heavy atom. The number of H-pyrrole nitrogens is 1. The quantitative estimate of drug-likeness (QED) is 0.579. The van der Waals surface area contributed by atoms with E-state index in [9.17, 15) is 4.79 Å². The zero-order chi connectivity index (χ0) is 15.0. The van der Waals surface area contributed by atoms with Gasteiger partial charge in [-0.15, -0.1) is 0 Å². The smallest absolute Gasteiger partial charge is 0.223 e. The maximum Gasteiger partial charge on any atom is 0.223 e. The summed E-state index contributed by atoms with van der Waals surface area (Å²) in [6.07, 6.45) is 1.45. The lowest BCUT2D eigenvalue weighted by molar-refractivity contribution is 0.101. The van der Waals surface area contributed by atoms with E-state index in [1.165, 1.54) is 13.1 Å². The highest BCUT2D eigenvalue weighted by Crippen LogP contribution is 2.24. The summed E-state index contributed by atoms with van der Waals surface area (Å²) in [5.41, 5.74) is 2.59. The number of hydrogen-bond donors (Lipinski definition) is 1. The molecule has 0 saturated carbocycles. The molecule has 0 unspecified atom stereocenters. The fourth-order valence-corrected chi connectivity index (χ4v) is 2.14. The largest absolute Gasteiger partial charge is 0.338 e. The predicted molar refractivity (Wildman–Crippen MR) is 76.8 cm³/mol. The number of ketones is 1. The summed E-state index contributed by atoms with van der Waals surface area (Å²) in [7, 11) is 0. The summed E-state index contributed by atoms with van der Waals surface area (Å²) in [5.74, 6) is 0.231. The van der Waals surface area contributed by atoms with E-state index in [0.717, 1.165) is 0 Å². The third-order valence-corrected chi connectivity index (χ3v) is 3.14. The van der Waals surface area contributed by atoms with Crippen molar-refractivity contribution in [1.82, 2.24) is 19.9 Å². The number of carbonyl (C=O) groups excluding carboxylic acids is 1. The average molecular weight is 298 g/mol. The van der Waals surface area contributed by atoms with Gasteiger partial charge in [0, 0.05) is 13.1 Å². The molecule has 0 aliphatic heterocycles. The van der Waals surface area contributed by atoms with Gasteiger partial charge in [-0.3, -0.25) is 4.79 Å². The number of halogens is 1. The number of benzene rings is 1. The van der Waals surface area contributed by atoms with Crippen LogP contribution in [0.1, 0.15) is 23.0 Å². The summed E-state index contributed by atoms with van der Waals surface area (Å²) >= 11 is 5.73. The molecular weight excluding hydrogens is 290 g/mol. The molecule has 6 nitrogen and oxygen atoms in total. The minimum atomic E-state index is -0.229. The zero-order valence-electron chi connectivity index (χ0n) is 10.9. The van der Waals surface area contributed by atoms with Gasteiger partial charge in [0.1, 0.15) is 11.5 Å². The molecule has 21 heavy (non-hydrogen) atoms. The number of carbonyl (C=O) groups is 1. The van der Waals surface area contributed by atoms with Gasteiger partial charge in [-0.1, -0.05) is 0 Å². The Bertz CT molecular complexity index is 909. The molecule has 1 N–H and O–H groups in total. The molecule has 1 aromatic carbocycles. The van der Waals surface area contributed by atoms with Crippen LogP contribution in [0.25, 0.3) is 22.4 Å². The summed E-state index contributed by atoms with van der Waals surface area (Å²) in [6.45, 7) is 1.40. The van der Waals surface area contributed by atoms with E-state index in [2.05, 4.69) is 26.0 Å². The maximum atomic E-state index is 11.7. The number of Topliss-reactive ketones (excluding diaryl/α,β-unsaturated/α-hetero) is 1. The van der Waals surface area contributed by atoms with Gasteiger partial charge in [-0.05, 0) is 29.8 Å². The standard InChI is InChI=1S/C14H8ClN5O/c1-7(21)12-9(6-17-14(15)20-12)13-18-10-3-2-8(5-16)4-11(10)19-13/h2-4,6H,1H3,(H,18,19). The van der Waals surface area contributed by atoms with E-state index in [1.807, 2.05) is 0 Å². The number of rotatable bonds is 2. The predicted octanol–water partition coefficient (Wildman–Crippen LogP) is 2.75. The van der Waals surface area contributed by atoms with E-state index >= 15 is 0 Å². The summed E-state index contributed by atoms with van der Waals surface area (Å²) in [6, 6.07) is 7.16. The number of nitrogens with one attached hydrogen (secondary N) is 1. The second-order valence-corrected chi connectivity index (χ2v) is 4.72. The van der Waals surface area contributed by atoms with Crippen molar-refractivity contribution < 1.29 is 4.79 Å². The van der Waals surface area contributed by atoms with Crippen LogP contribution in [-0.2, 0) is 0 Å². The Labute approximate surface area is 124 Å². The number of aromatic amines is 1. The molecule has 0 atom stereocenters. The Morgan fingerprint density at radius 2 is 2.19 bits per heavy atom. The number of nitriles is 1. The van der Waals surface area contributed by atoms with E-state index < -0.39 is 0 Å². The molecule has 0 amide bonds. The second-order valence-electron chi connectivity index (χ2n) is 4.39. The highest BCUT2D eigenvalue weighted by Gasteiger charge is 2.16. The van der Waals surface area contributed by atoms with Gasteiger partial charge in [0.05, 0.1) is 28.2 Å². The van der Waals surface area contributed by atoms with Crippen LogP contribution in [0.15, 0.2) is 24.4 Å². The van der Waals surface area contributed by atoms with Gasteiger partial charge in [-0.25, -0.2) is 15.0 Å². The number of imidazole rings is 1. The number of aromatic nitrogens is 4. The normalized spacial score (nSPS) is 10.5. The van der Waals surface area contributed by atoms with Crippen LogP contribution in [-0.4, -0.2) is 25.7 Å². The van der Waals surface area contributed by atoms with Crippen LogP contribution in [0.5, 0.6) is 0 Å². The van der Waals surface area contributed by atoms with Crippen LogP contribution in [0.2, 0.25) is 5.28 Å². The van der Waals surface area contributed by atoms with Crippen molar-refractivity contribution in [3.05, 3.63) is 40.9 Å². The number of hydrogen-bond acceptors (Lipinski definition) is 5. The van der Waals surface area contributed by atoms with Crippen LogP contribution in [0.3, 0.4) is 0 Å². The molecule has 0 aliphatic carbocycles. The van der Waals surface area contributed by atoms with Crippen molar-refractivity contribution in [1.29, 1.82) is 5.26 Å². The molecule has 2 heterocycles. The minimum absolute atomic E-state index is 0.00632. The highest BCUT2D eigenvalue weighted by molar-refractivity contribution is 6.28. The Morgan fingerprint density at radius 1 is 1.38 bits per heavy atom. The fraction of sp³-hybridized carbons (Fsp3) is 0.0714. The third kappa shape index (κ3) is 2.35. The SMILES string of the molecule is CC(=O)c1nc(Cl)ncc1-c1nc2ccc(C#N)cc2[nH]1. The summed E-state index contributed by atoms with van der Waals surface area (Å²) in [5, 5.41) is 8.91. The van der Waals surface area contributed by atoms with Gasteiger partial charge < -0.3 is 4.98 Å². The lowest BCUT2D eigenvalue weighted by Crippen LogP contribution is -2.02. The second kappa shape index (κ2) is 4.96. The van der Waals surface area contributed by atoms with E-state index in [-0.39, 0.29) is 16.8 Å². The van der Waals surface area contributed by atoms with Gasteiger partial charge in [-0.2, -0.15) is 5.26 Å². The molecule has 2 aromatic heterocycles. The molecule has 0 fully saturated rings. The molecule has 0 saturated heterocycles. The van der Waals surface area contributed by atoms with Crippen LogP contribution < -0.4 is 0 Å². The van der Waals surface area contributed by atoms with Gasteiger partial charge in [0.25, 0.3) is 0 Å². The Hall–Kier alpha value is -2.78. The molecule has 0 radical (unpaired) electrons. The third-order valence-electron chi connectivity index (χ3n) is 2.96. The molecule has 3 rings (SSSR count). The van der Waals surface area contributed by atoms with Gasteiger partial charge >= 0.3 is 0 Å². The molecule has 0 bridgehead atoms. The zero-order valence-corrected chi connectivity index (χ0v) is 11.6. The van der Waals surface area contributed by atoms with Crippen molar-refractivity contribution in [3.8, 4) is 17.5 Å². The van der Waals surface area contributed by atoms with Crippen LogP contribution >= 0.6 is 11.6 Å². The highest BCUT2D eigenvalue weighted by atomic mass is 35.5. The molecule has 7 heteroatoms. The molecule has 3 aromatic rings. The topological polar surface area (TPSA) is 95.3 Å². The first-order valence-corrected chi connectivity index (χ1v) is 6.40. The summed E-state index contributed by atoms with van der Waals surface area (Å²) < 4.78 is 0. The first-order valence-electron chi connectivity index (χ1n) is 6.02. The lowest BCUT2D eigenvalue weighted by Gasteiger charge is -2.02. The van der Waals surface area contributed by atoms with Crippen LogP contribution in [0.4, 0.5) is 0 Å². The average Bonchev–Trinajstić information content (AvgIpc) is 2.89. The Balaban J connectivity index is 2.21. The van der Waals surface area contributed by atoms with E-state index in [0.29, 0.717) is 28.0 Å². The molecule has 0 spiro atoms. The minimum Gasteiger partial charge on any atom is -0.338 e. The van der Waals surface area contributed by atoms with E-state index in [4.69, 9.17) is 16.9 Å². The fourth-order valence-electron chi connectivity index (χ4n) is 2.01. The van der Waals surface area contributed by atoms with Gasteiger partial charge in [0.15, 0.2) is 5.78 Å². The summed E-state index contributed by atoms with van der Waals surface area (Å²) in [4.78, 5) is 27.0. The molecule has 0 aliphatic rings. The molecular formula is C14H8ClN5O. The Kier molecular flexibility index (Phi) is 3.12. The van der Waals surface area contributed by atoms with Gasteiger partial charge in [0.2, 0.25) is 5.28 Å². The molecule has 102 valence electrons. The van der Waals surface area contributed by atoms with Crippen LogP contribution in [0, 0.1) is 11.3 Å². The van der Waals surface area contributed by atoms with Crippen molar-refractivity contribution in [2.24, 2.45) is 0 Å². The van der Waals surface area contributed by atoms with E-state index in [1.54, 1.807) is 18.2 Å². The van der Waals surface area contributed by atoms with Crippen molar-refractivity contribution in [2.75, 3.05) is 0 Å². The first-order chi connectivity index (χ1) is 10.1. The van der Waals surface area contributed by atoms with Crippen molar-refractivity contribution in [2.45, 2.75) is 6.92 Å². The number of nitrogens with zero attached hydrogens (tertiary/aromatic N) is 4. The van der Waals surface area contributed by atoms with Crippen molar-refractivity contribution in [3.63, 3.8) is 0 Å². The number of fused-ring (bicyclic) bond motifs is 1. The van der Waals surface area contributed by atoms with Crippen molar-refractivity contribution >= 4 is 28.4 Å². The monoisotopic (exact) mass is 297 g/mol. The first kappa shape index (κ1) is 13.2.